The Morgan fingerprint density at radius 1 is 1.12 bits per heavy atom. The fourth-order valence-electron chi connectivity index (χ4n) is 2.55. The molecule has 11 nitrogen and oxygen atoms in total. The molecule has 1 aromatic heterocycles. The van der Waals surface area contributed by atoms with Crippen molar-refractivity contribution in [2.75, 3.05) is 7.11 Å². The van der Waals surface area contributed by atoms with Crippen LogP contribution in [0.1, 0.15) is 15.9 Å². The van der Waals surface area contributed by atoms with Gasteiger partial charge in [-0.2, -0.15) is 13.5 Å². The van der Waals surface area contributed by atoms with Gasteiger partial charge in [-0.05, 0) is 42.0 Å². The van der Waals surface area contributed by atoms with E-state index in [0.717, 1.165) is 12.1 Å². The molecule has 3 rings (SSSR count). The van der Waals surface area contributed by atoms with Gasteiger partial charge >= 0.3 is 10.1 Å². The lowest BCUT2D eigenvalue weighted by Crippen LogP contribution is -2.17. The van der Waals surface area contributed by atoms with Gasteiger partial charge in [0.25, 0.3) is 11.6 Å². The number of hydrogen-bond donors (Lipinski definition) is 1. The maximum absolute atomic E-state index is 12.6. The number of ether oxygens (including phenoxy) is 1. The average Bonchev–Trinajstić information content (AvgIpc) is 2.80. The van der Waals surface area contributed by atoms with Gasteiger partial charge in [0.05, 0.1) is 18.2 Å². The highest BCUT2D eigenvalue weighted by atomic mass is 32.2. The van der Waals surface area contributed by atoms with E-state index in [1.165, 1.54) is 68.2 Å². The highest BCUT2D eigenvalue weighted by molar-refractivity contribution is 7.87. The molecule has 0 fully saturated rings. The Morgan fingerprint density at radius 3 is 2.53 bits per heavy atom. The first-order chi connectivity index (χ1) is 15.3. The third kappa shape index (κ3) is 5.23. The Balaban J connectivity index is 1.78. The van der Waals surface area contributed by atoms with Gasteiger partial charge in [0.2, 0.25) is 0 Å². The van der Waals surface area contributed by atoms with E-state index in [1.54, 1.807) is 0 Å². The summed E-state index contributed by atoms with van der Waals surface area (Å²) in [7, 11) is -3.21. The standard InChI is InChI=1S/C20H16N4O7S/c1-30-18-12-14(13-22-23-20(25)15-8-10-21-11-9-15)6-7-17(18)31-32(28,29)19-5-3-2-4-16(19)24(26)27/h2-13H,1H3,(H,23,25)/b22-13-. The van der Waals surface area contributed by atoms with Crippen molar-refractivity contribution in [1.29, 1.82) is 0 Å². The molecule has 0 aliphatic carbocycles. The molecule has 32 heavy (non-hydrogen) atoms. The third-order valence-electron chi connectivity index (χ3n) is 4.04. The maximum atomic E-state index is 12.6. The first kappa shape index (κ1) is 22.4. The Morgan fingerprint density at radius 2 is 1.84 bits per heavy atom. The van der Waals surface area contributed by atoms with Crippen LogP contribution >= 0.6 is 0 Å². The number of nitrogens with zero attached hydrogens (tertiary/aromatic N) is 3. The molecule has 1 N–H and O–H groups in total. The fraction of sp³-hybridized carbons (Fsp3) is 0.0500. The molecular weight excluding hydrogens is 440 g/mol. The van der Waals surface area contributed by atoms with E-state index in [1.807, 2.05) is 0 Å². The van der Waals surface area contributed by atoms with Gasteiger partial charge in [0.1, 0.15) is 0 Å². The van der Waals surface area contributed by atoms with Crippen LogP contribution in [0.4, 0.5) is 5.69 Å². The minimum Gasteiger partial charge on any atom is -0.493 e. The molecule has 0 saturated carbocycles. The van der Waals surface area contributed by atoms with Gasteiger partial charge in [-0.1, -0.05) is 12.1 Å². The zero-order valence-corrected chi connectivity index (χ0v) is 17.4. The van der Waals surface area contributed by atoms with Crippen molar-refractivity contribution in [2.24, 2.45) is 5.10 Å². The second-order valence-corrected chi connectivity index (χ2v) is 7.62. The third-order valence-corrected chi connectivity index (χ3v) is 5.32. The number of benzene rings is 2. The molecule has 0 saturated heterocycles. The summed E-state index contributed by atoms with van der Waals surface area (Å²) < 4.78 is 35.4. The number of nitro benzene ring substituents is 1. The zero-order valence-electron chi connectivity index (χ0n) is 16.5. The second kappa shape index (κ2) is 9.66. The molecule has 1 amide bonds. The van der Waals surface area contributed by atoms with E-state index in [0.29, 0.717) is 11.1 Å². The average molecular weight is 456 g/mol. The van der Waals surface area contributed by atoms with E-state index in [2.05, 4.69) is 15.5 Å². The van der Waals surface area contributed by atoms with Crippen LogP contribution < -0.4 is 14.3 Å². The molecule has 164 valence electrons. The van der Waals surface area contributed by atoms with Gasteiger partial charge < -0.3 is 8.92 Å². The lowest BCUT2D eigenvalue weighted by molar-refractivity contribution is -0.387. The molecule has 0 radical (unpaired) electrons. The van der Waals surface area contributed by atoms with Crippen molar-refractivity contribution in [3.63, 3.8) is 0 Å². The molecule has 0 bridgehead atoms. The van der Waals surface area contributed by atoms with Crippen molar-refractivity contribution in [3.8, 4) is 11.5 Å². The number of carbonyl (C=O) groups is 1. The highest BCUT2D eigenvalue weighted by Crippen LogP contribution is 2.32. The molecular formula is C20H16N4O7S. The summed E-state index contributed by atoms with van der Waals surface area (Å²) in [4.78, 5) is 25.5. The normalized spacial score (nSPS) is 11.2. The summed E-state index contributed by atoms with van der Waals surface area (Å²) in [5.74, 6) is -0.577. The zero-order chi connectivity index (χ0) is 23.1. The molecule has 0 atom stereocenters. The first-order valence-corrected chi connectivity index (χ1v) is 10.3. The summed E-state index contributed by atoms with van der Waals surface area (Å²) in [6.45, 7) is 0. The molecule has 1 heterocycles. The van der Waals surface area contributed by atoms with Crippen LogP contribution in [0, 0.1) is 10.1 Å². The summed E-state index contributed by atoms with van der Waals surface area (Å²) in [6, 6.07) is 12.1. The molecule has 2 aromatic carbocycles. The smallest absolute Gasteiger partial charge is 0.346 e. The molecule has 3 aromatic rings. The van der Waals surface area contributed by atoms with Crippen LogP contribution in [0.5, 0.6) is 11.5 Å². The first-order valence-electron chi connectivity index (χ1n) is 8.91. The molecule has 0 unspecified atom stereocenters. The van der Waals surface area contributed by atoms with Crippen LogP contribution in [0.25, 0.3) is 0 Å². The summed E-state index contributed by atoms with van der Waals surface area (Å²) >= 11 is 0. The van der Waals surface area contributed by atoms with E-state index in [-0.39, 0.29) is 11.5 Å². The lowest BCUT2D eigenvalue weighted by Gasteiger charge is -2.11. The van der Waals surface area contributed by atoms with Crippen molar-refractivity contribution in [1.82, 2.24) is 10.4 Å². The highest BCUT2D eigenvalue weighted by Gasteiger charge is 2.28. The number of aromatic nitrogens is 1. The maximum Gasteiger partial charge on any atom is 0.346 e. The topological polar surface area (TPSA) is 150 Å². The van der Waals surface area contributed by atoms with Crippen LogP contribution in [-0.2, 0) is 10.1 Å². The molecule has 12 heteroatoms. The van der Waals surface area contributed by atoms with Gasteiger partial charge in [-0.3, -0.25) is 19.9 Å². The van der Waals surface area contributed by atoms with Crippen molar-refractivity contribution in [3.05, 3.63) is 88.2 Å². The number of nitrogens with one attached hydrogen (secondary N) is 1. The van der Waals surface area contributed by atoms with Crippen molar-refractivity contribution >= 4 is 27.9 Å². The number of hydrazone groups is 1. The number of carbonyl (C=O) groups excluding carboxylic acids is 1. The lowest BCUT2D eigenvalue weighted by atomic mass is 10.2. The van der Waals surface area contributed by atoms with Gasteiger partial charge in [-0.25, -0.2) is 5.43 Å². The number of para-hydroxylation sites is 1. The number of rotatable bonds is 8. The van der Waals surface area contributed by atoms with Crippen molar-refractivity contribution in [2.45, 2.75) is 4.90 Å². The van der Waals surface area contributed by atoms with Crippen LogP contribution in [0.3, 0.4) is 0 Å². The number of methoxy groups -OCH3 is 1. The monoisotopic (exact) mass is 456 g/mol. The van der Waals surface area contributed by atoms with Crippen molar-refractivity contribution < 1.29 is 27.1 Å². The Kier molecular flexibility index (Phi) is 6.75. The van der Waals surface area contributed by atoms with Gasteiger partial charge in [0, 0.05) is 24.0 Å². The van der Waals surface area contributed by atoms with Crippen LogP contribution in [0.2, 0.25) is 0 Å². The molecule has 0 aliphatic rings. The minimum absolute atomic E-state index is 0.0385. The number of nitro groups is 1. The Bertz CT molecular complexity index is 1280. The quantitative estimate of drug-likeness (QED) is 0.235. The van der Waals surface area contributed by atoms with E-state index in [9.17, 15) is 23.3 Å². The van der Waals surface area contributed by atoms with Crippen LogP contribution in [-0.4, -0.2) is 37.6 Å². The number of pyridine rings is 1. The largest absolute Gasteiger partial charge is 0.493 e. The predicted octanol–water partition coefficient (Wildman–Crippen LogP) is 2.53. The Labute approximate surface area is 182 Å². The van der Waals surface area contributed by atoms with Gasteiger partial charge in [-0.15, -0.1) is 0 Å². The Hall–Kier alpha value is -4.32. The summed E-state index contributed by atoms with van der Waals surface area (Å²) in [5.41, 5.74) is 2.57. The van der Waals surface area contributed by atoms with E-state index in [4.69, 9.17) is 8.92 Å². The molecule has 0 aliphatic heterocycles. The van der Waals surface area contributed by atoms with Crippen LogP contribution in [0.15, 0.2) is 77.0 Å². The summed E-state index contributed by atoms with van der Waals surface area (Å²) in [6.07, 6.45) is 4.27. The number of amides is 1. The van der Waals surface area contributed by atoms with Gasteiger partial charge in [0.15, 0.2) is 16.4 Å². The predicted molar refractivity (Wildman–Crippen MR) is 113 cm³/mol. The summed E-state index contributed by atoms with van der Waals surface area (Å²) in [5, 5.41) is 15.0. The minimum atomic E-state index is -4.51. The van der Waals surface area contributed by atoms with E-state index < -0.39 is 31.5 Å². The fourth-order valence-corrected chi connectivity index (χ4v) is 3.66. The second-order valence-electron chi connectivity index (χ2n) is 6.11. The van der Waals surface area contributed by atoms with E-state index >= 15 is 0 Å². The number of hydrogen-bond acceptors (Lipinski definition) is 9. The molecule has 0 spiro atoms. The SMILES string of the molecule is COc1cc(/C=N\NC(=O)c2ccncc2)ccc1OS(=O)(=O)c1ccccc1[N+](=O)[O-].